The van der Waals surface area contributed by atoms with Crippen molar-refractivity contribution in [1.29, 1.82) is 0 Å². The third-order valence-electron chi connectivity index (χ3n) is 2.57. The number of aromatic nitrogens is 3. The summed E-state index contributed by atoms with van der Waals surface area (Å²) in [6, 6.07) is 0. The summed E-state index contributed by atoms with van der Waals surface area (Å²) < 4.78 is 5.30. The van der Waals surface area contributed by atoms with Gasteiger partial charge in [-0.05, 0) is 18.0 Å². The van der Waals surface area contributed by atoms with E-state index in [0.717, 1.165) is 26.2 Å². The Labute approximate surface area is 105 Å². The minimum absolute atomic E-state index is 0.203. The van der Waals surface area contributed by atoms with Gasteiger partial charge in [0.05, 0.1) is 6.61 Å². The van der Waals surface area contributed by atoms with Crippen LogP contribution in [0.1, 0.15) is 6.42 Å². The van der Waals surface area contributed by atoms with E-state index in [-0.39, 0.29) is 5.28 Å². The first-order chi connectivity index (χ1) is 8.15. The van der Waals surface area contributed by atoms with Gasteiger partial charge in [-0.1, -0.05) is 0 Å². The number of nitrogens with one attached hydrogen (secondary N) is 1. The molecule has 1 fully saturated rings. The van der Waals surface area contributed by atoms with E-state index in [1.165, 1.54) is 0 Å². The molecule has 0 spiro atoms. The number of rotatable bonds is 4. The van der Waals surface area contributed by atoms with E-state index < -0.39 is 0 Å². The molecule has 1 aliphatic heterocycles. The molecule has 17 heavy (non-hydrogen) atoms. The Bertz CT molecular complexity index is 381. The molecule has 1 aliphatic rings. The second-order valence-electron chi connectivity index (χ2n) is 4.23. The van der Waals surface area contributed by atoms with Crippen molar-refractivity contribution in [3.63, 3.8) is 0 Å². The highest BCUT2D eigenvalue weighted by Gasteiger charge is 2.16. The summed E-state index contributed by atoms with van der Waals surface area (Å²) >= 11 is 5.84. The minimum Gasteiger partial charge on any atom is -0.381 e. The van der Waals surface area contributed by atoms with E-state index in [1.54, 1.807) is 4.90 Å². The smallest absolute Gasteiger partial charge is 0.230 e. The van der Waals surface area contributed by atoms with Gasteiger partial charge in [-0.15, -0.1) is 0 Å². The second kappa shape index (κ2) is 5.46. The normalized spacial score (nSPS) is 19.4. The van der Waals surface area contributed by atoms with Crippen LogP contribution in [0.4, 0.5) is 11.9 Å². The molecule has 1 aromatic rings. The van der Waals surface area contributed by atoms with Gasteiger partial charge in [0, 0.05) is 33.2 Å². The van der Waals surface area contributed by atoms with Crippen LogP contribution in [0.15, 0.2) is 0 Å². The highest BCUT2D eigenvalue weighted by atomic mass is 35.5. The van der Waals surface area contributed by atoms with Crippen LogP contribution >= 0.6 is 11.6 Å². The molecule has 1 N–H and O–H groups in total. The zero-order valence-corrected chi connectivity index (χ0v) is 10.7. The van der Waals surface area contributed by atoms with E-state index in [9.17, 15) is 0 Å². The summed E-state index contributed by atoms with van der Waals surface area (Å²) in [5.41, 5.74) is 0. The van der Waals surface area contributed by atoms with Gasteiger partial charge in [0.25, 0.3) is 0 Å². The molecule has 7 heteroatoms. The molecule has 0 aromatic carbocycles. The number of anilines is 2. The van der Waals surface area contributed by atoms with E-state index in [0.29, 0.717) is 17.8 Å². The predicted molar refractivity (Wildman–Crippen MR) is 66.6 cm³/mol. The molecule has 94 valence electrons. The molecule has 0 amide bonds. The Morgan fingerprint density at radius 1 is 1.41 bits per heavy atom. The van der Waals surface area contributed by atoms with Crippen LogP contribution in [-0.2, 0) is 4.74 Å². The van der Waals surface area contributed by atoms with Crippen molar-refractivity contribution in [3.8, 4) is 0 Å². The van der Waals surface area contributed by atoms with Crippen molar-refractivity contribution < 1.29 is 4.74 Å². The van der Waals surface area contributed by atoms with Crippen molar-refractivity contribution in [2.24, 2.45) is 5.92 Å². The Morgan fingerprint density at radius 2 is 2.24 bits per heavy atom. The molecule has 1 aromatic heterocycles. The molecule has 2 rings (SSSR count). The molecule has 1 saturated heterocycles. The number of ether oxygens (including phenoxy) is 1. The standard InChI is InChI=1S/C10H16ClN5O/c1-16(2)10-14-8(11)13-9(15-10)12-5-7-3-4-17-6-7/h7H,3-6H2,1-2H3,(H,12,13,14,15). The zero-order chi connectivity index (χ0) is 12.3. The summed E-state index contributed by atoms with van der Waals surface area (Å²) in [5, 5.41) is 3.37. The lowest BCUT2D eigenvalue weighted by Crippen LogP contribution is -2.18. The van der Waals surface area contributed by atoms with Gasteiger partial charge in [0.2, 0.25) is 17.2 Å². The second-order valence-corrected chi connectivity index (χ2v) is 4.57. The third kappa shape index (κ3) is 3.41. The van der Waals surface area contributed by atoms with Gasteiger partial charge in [-0.2, -0.15) is 15.0 Å². The molecule has 1 unspecified atom stereocenters. The average molecular weight is 258 g/mol. The van der Waals surface area contributed by atoms with Crippen LogP contribution in [0, 0.1) is 5.92 Å². The molecular weight excluding hydrogens is 242 g/mol. The fourth-order valence-electron chi connectivity index (χ4n) is 1.60. The van der Waals surface area contributed by atoms with E-state index in [4.69, 9.17) is 16.3 Å². The van der Waals surface area contributed by atoms with Gasteiger partial charge in [0.15, 0.2) is 0 Å². The summed E-state index contributed by atoms with van der Waals surface area (Å²) in [7, 11) is 3.72. The van der Waals surface area contributed by atoms with Gasteiger partial charge in [-0.25, -0.2) is 0 Å². The van der Waals surface area contributed by atoms with Crippen LogP contribution in [0.25, 0.3) is 0 Å². The lowest BCUT2D eigenvalue weighted by atomic mass is 10.1. The topological polar surface area (TPSA) is 63.2 Å². The Hall–Kier alpha value is -1.14. The first-order valence-electron chi connectivity index (χ1n) is 5.55. The van der Waals surface area contributed by atoms with Crippen LogP contribution in [-0.4, -0.2) is 48.8 Å². The molecular formula is C10H16ClN5O. The van der Waals surface area contributed by atoms with Gasteiger partial charge in [-0.3, -0.25) is 0 Å². The predicted octanol–water partition coefficient (Wildman–Crippen LogP) is 1.04. The van der Waals surface area contributed by atoms with Crippen molar-refractivity contribution in [2.45, 2.75) is 6.42 Å². The molecule has 0 radical (unpaired) electrons. The van der Waals surface area contributed by atoms with Crippen molar-refractivity contribution in [3.05, 3.63) is 5.28 Å². The Balaban J connectivity index is 1.99. The monoisotopic (exact) mass is 257 g/mol. The van der Waals surface area contributed by atoms with Crippen LogP contribution < -0.4 is 10.2 Å². The summed E-state index contributed by atoms with van der Waals surface area (Å²) in [6.07, 6.45) is 1.08. The van der Waals surface area contributed by atoms with Crippen molar-refractivity contribution in [2.75, 3.05) is 44.1 Å². The first kappa shape index (κ1) is 12.3. The molecule has 1 atom stereocenters. The maximum Gasteiger partial charge on any atom is 0.230 e. The minimum atomic E-state index is 0.203. The number of hydrogen-bond donors (Lipinski definition) is 1. The van der Waals surface area contributed by atoms with E-state index >= 15 is 0 Å². The quantitative estimate of drug-likeness (QED) is 0.870. The van der Waals surface area contributed by atoms with Crippen LogP contribution in [0.2, 0.25) is 5.28 Å². The summed E-state index contributed by atoms with van der Waals surface area (Å²) in [5.74, 6) is 1.59. The number of nitrogens with zero attached hydrogens (tertiary/aromatic N) is 4. The first-order valence-corrected chi connectivity index (χ1v) is 5.93. The summed E-state index contributed by atoms with van der Waals surface area (Å²) in [4.78, 5) is 14.1. The highest BCUT2D eigenvalue weighted by molar-refractivity contribution is 6.28. The fraction of sp³-hybridized carbons (Fsp3) is 0.700. The summed E-state index contributed by atoms with van der Waals surface area (Å²) in [6.45, 7) is 2.44. The Morgan fingerprint density at radius 3 is 2.88 bits per heavy atom. The lowest BCUT2D eigenvalue weighted by Gasteiger charge is -2.13. The maximum absolute atomic E-state index is 5.84. The zero-order valence-electron chi connectivity index (χ0n) is 9.98. The Kier molecular flexibility index (Phi) is 3.96. The van der Waals surface area contributed by atoms with Crippen LogP contribution in [0.3, 0.4) is 0 Å². The van der Waals surface area contributed by atoms with Gasteiger partial charge >= 0.3 is 0 Å². The number of halogens is 1. The van der Waals surface area contributed by atoms with E-state index in [1.807, 2.05) is 14.1 Å². The number of hydrogen-bond acceptors (Lipinski definition) is 6. The van der Waals surface area contributed by atoms with Gasteiger partial charge in [0.1, 0.15) is 0 Å². The SMILES string of the molecule is CN(C)c1nc(Cl)nc(NCC2CCOC2)n1. The molecule has 0 aliphatic carbocycles. The van der Waals surface area contributed by atoms with Crippen molar-refractivity contribution in [1.82, 2.24) is 15.0 Å². The highest BCUT2D eigenvalue weighted by Crippen LogP contribution is 2.15. The van der Waals surface area contributed by atoms with Crippen molar-refractivity contribution >= 4 is 23.5 Å². The molecule has 2 heterocycles. The fourth-order valence-corrected chi connectivity index (χ4v) is 1.75. The average Bonchev–Trinajstić information content (AvgIpc) is 2.78. The maximum atomic E-state index is 5.84. The van der Waals surface area contributed by atoms with Crippen LogP contribution in [0.5, 0.6) is 0 Å². The third-order valence-corrected chi connectivity index (χ3v) is 2.74. The van der Waals surface area contributed by atoms with Gasteiger partial charge < -0.3 is 15.0 Å². The van der Waals surface area contributed by atoms with E-state index in [2.05, 4.69) is 20.3 Å². The largest absolute Gasteiger partial charge is 0.381 e. The lowest BCUT2D eigenvalue weighted by molar-refractivity contribution is 0.187. The molecule has 6 nitrogen and oxygen atoms in total. The molecule has 0 bridgehead atoms. The molecule has 0 saturated carbocycles.